The standard InChI is InChI=1S/C37H56N6O5/c1-21(2)26(19-23-12-10-11-13-28(23)42(8)9)40-35(48)41-31(36(3,4)5)34(47)43-17-16-24(25-20-37(25,6)7)29(43)33(46)39-27(18-22-14-15-22)30(44)32(38)45/h10-13,20-22,24,26-27,29,31H,14-19H2,1-9H3,(H2,38,45)(H,39,46)(H2,40,41,48)/t24-,26-,27?,29+,31-/m1/s1. The van der Waals surface area contributed by atoms with Crippen LogP contribution in [0.4, 0.5) is 10.5 Å². The number of rotatable bonds is 14. The van der Waals surface area contributed by atoms with Gasteiger partial charge in [-0.3, -0.25) is 19.2 Å². The van der Waals surface area contributed by atoms with E-state index in [2.05, 4.69) is 55.8 Å². The molecule has 5 amide bonds. The number of ketones is 1. The lowest BCUT2D eigenvalue weighted by Crippen LogP contribution is -2.61. The molecule has 1 saturated carbocycles. The first-order valence-electron chi connectivity index (χ1n) is 17.3. The average molecular weight is 665 g/mol. The number of amides is 5. The number of likely N-dealkylation sites (tertiary alicyclic amines) is 1. The average Bonchev–Trinajstić information content (AvgIpc) is 3.88. The van der Waals surface area contributed by atoms with Gasteiger partial charge < -0.3 is 31.5 Å². The molecule has 5 atom stereocenters. The van der Waals surface area contributed by atoms with E-state index in [0.29, 0.717) is 25.8 Å². The van der Waals surface area contributed by atoms with Crippen molar-refractivity contribution >= 4 is 35.2 Å². The molecule has 3 aliphatic rings. The van der Waals surface area contributed by atoms with Crippen molar-refractivity contribution < 1.29 is 24.0 Å². The van der Waals surface area contributed by atoms with Crippen molar-refractivity contribution in [2.24, 2.45) is 34.3 Å². The molecule has 264 valence electrons. The molecule has 2 aliphatic carbocycles. The van der Waals surface area contributed by atoms with Crippen molar-refractivity contribution in [1.82, 2.24) is 20.9 Å². The fraction of sp³-hybridized carbons (Fsp3) is 0.649. The van der Waals surface area contributed by atoms with E-state index in [-0.39, 0.29) is 35.1 Å². The Morgan fingerprint density at radius 1 is 1.00 bits per heavy atom. The van der Waals surface area contributed by atoms with Crippen molar-refractivity contribution in [3.05, 3.63) is 41.5 Å². The number of nitrogens with one attached hydrogen (secondary N) is 3. The van der Waals surface area contributed by atoms with Gasteiger partial charge in [0.05, 0.1) is 6.04 Å². The molecule has 0 aromatic heterocycles. The number of benzene rings is 1. The summed E-state index contributed by atoms with van der Waals surface area (Å²) in [5, 5.41) is 8.91. The summed E-state index contributed by atoms with van der Waals surface area (Å²) in [6.45, 7) is 14.2. The van der Waals surface area contributed by atoms with E-state index in [0.717, 1.165) is 29.7 Å². The van der Waals surface area contributed by atoms with Crippen LogP contribution in [0.1, 0.15) is 79.7 Å². The molecule has 1 heterocycles. The first-order chi connectivity index (χ1) is 22.3. The highest BCUT2D eigenvalue weighted by Gasteiger charge is 2.52. The van der Waals surface area contributed by atoms with Crippen LogP contribution in [-0.4, -0.2) is 79.2 Å². The Bertz CT molecular complexity index is 1440. The minimum Gasteiger partial charge on any atom is -0.377 e. The maximum Gasteiger partial charge on any atom is 0.315 e. The van der Waals surface area contributed by atoms with Gasteiger partial charge in [-0.25, -0.2) is 4.79 Å². The maximum atomic E-state index is 14.5. The SMILES string of the molecule is CC(C)[C@@H](Cc1ccccc1N(C)C)NC(=O)N[C@H](C(=O)N1CC[C@H](C2=CC2(C)C)[C@H]1C(=O)NC(CC1CC1)C(=O)C(N)=O)C(C)(C)C. The number of carbonyl (C=O) groups is 5. The fourth-order valence-electron chi connectivity index (χ4n) is 6.94. The van der Waals surface area contributed by atoms with Gasteiger partial charge in [0, 0.05) is 43.7 Å². The Labute approximate surface area is 285 Å². The summed E-state index contributed by atoms with van der Waals surface area (Å²) in [4.78, 5) is 70.4. The molecule has 48 heavy (non-hydrogen) atoms. The first-order valence-corrected chi connectivity index (χ1v) is 17.3. The summed E-state index contributed by atoms with van der Waals surface area (Å²) in [6, 6.07) is 4.56. The molecule has 0 radical (unpaired) electrons. The highest BCUT2D eigenvalue weighted by Crippen LogP contribution is 2.52. The number of hydrogen-bond donors (Lipinski definition) is 4. The molecular weight excluding hydrogens is 608 g/mol. The normalized spacial score (nSPS) is 21.9. The van der Waals surface area contributed by atoms with Crippen molar-refractivity contribution in [3.63, 3.8) is 0 Å². The smallest absolute Gasteiger partial charge is 0.315 e. The van der Waals surface area contributed by atoms with Crippen LogP contribution in [-0.2, 0) is 25.6 Å². The maximum absolute atomic E-state index is 14.5. The van der Waals surface area contributed by atoms with Gasteiger partial charge in [-0.15, -0.1) is 0 Å². The van der Waals surface area contributed by atoms with Gasteiger partial charge in [0.15, 0.2) is 0 Å². The molecule has 0 spiro atoms. The second kappa shape index (κ2) is 14.3. The summed E-state index contributed by atoms with van der Waals surface area (Å²) in [5.41, 5.74) is 7.76. The lowest BCUT2D eigenvalue weighted by atomic mass is 9.85. The van der Waals surface area contributed by atoms with Crippen molar-refractivity contribution in [2.75, 3.05) is 25.5 Å². The Hall–Kier alpha value is -3.89. The molecule has 4 rings (SSSR count). The third-order valence-electron chi connectivity index (χ3n) is 10.1. The Morgan fingerprint density at radius 2 is 1.62 bits per heavy atom. The van der Waals surface area contributed by atoms with Gasteiger partial charge in [-0.05, 0) is 48.1 Å². The topological polar surface area (TPSA) is 154 Å². The van der Waals surface area contributed by atoms with Crippen LogP contribution in [0.15, 0.2) is 35.9 Å². The van der Waals surface area contributed by atoms with Crippen LogP contribution in [0.25, 0.3) is 0 Å². The van der Waals surface area contributed by atoms with Crippen LogP contribution >= 0.6 is 0 Å². The van der Waals surface area contributed by atoms with E-state index in [9.17, 15) is 24.0 Å². The number of urea groups is 1. The number of hydrogen-bond acceptors (Lipinski definition) is 6. The zero-order valence-corrected chi connectivity index (χ0v) is 30.2. The van der Waals surface area contributed by atoms with Gasteiger partial charge in [0.25, 0.3) is 5.91 Å². The van der Waals surface area contributed by atoms with Gasteiger partial charge in [0.2, 0.25) is 17.6 Å². The largest absolute Gasteiger partial charge is 0.377 e. The number of para-hydroxylation sites is 1. The molecule has 2 fully saturated rings. The van der Waals surface area contributed by atoms with E-state index in [1.165, 1.54) is 0 Å². The molecule has 11 heteroatoms. The van der Waals surface area contributed by atoms with Gasteiger partial charge >= 0.3 is 6.03 Å². The molecule has 1 aromatic carbocycles. The number of anilines is 1. The van der Waals surface area contributed by atoms with Crippen LogP contribution < -0.4 is 26.6 Å². The van der Waals surface area contributed by atoms with Crippen LogP contribution in [0.2, 0.25) is 0 Å². The monoisotopic (exact) mass is 664 g/mol. The Kier molecular flexibility index (Phi) is 11.0. The third kappa shape index (κ3) is 8.76. The molecule has 1 aromatic rings. The van der Waals surface area contributed by atoms with Crippen molar-refractivity contribution in [2.45, 2.75) is 105 Å². The first kappa shape index (κ1) is 36.9. The number of nitrogens with zero attached hydrogens (tertiary/aromatic N) is 2. The van der Waals surface area contributed by atoms with E-state index in [1.807, 2.05) is 58.0 Å². The highest BCUT2D eigenvalue weighted by molar-refractivity contribution is 6.37. The van der Waals surface area contributed by atoms with E-state index in [1.54, 1.807) is 4.90 Å². The van der Waals surface area contributed by atoms with Crippen LogP contribution in [0.3, 0.4) is 0 Å². The van der Waals surface area contributed by atoms with Gasteiger partial charge in [0.1, 0.15) is 12.1 Å². The molecule has 1 aliphatic heterocycles. The van der Waals surface area contributed by atoms with E-state index in [4.69, 9.17) is 5.73 Å². The quantitative estimate of drug-likeness (QED) is 0.176. The Balaban J connectivity index is 1.55. The zero-order chi connectivity index (χ0) is 35.7. The molecule has 1 unspecified atom stereocenters. The minimum absolute atomic E-state index is 0.115. The van der Waals surface area contributed by atoms with E-state index < -0.39 is 47.2 Å². The molecular formula is C37H56N6O5. The predicted molar refractivity (Wildman–Crippen MR) is 187 cm³/mol. The van der Waals surface area contributed by atoms with Crippen LogP contribution in [0.5, 0.6) is 0 Å². The molecule has 0 bridgehead atoms. The lowest BCUT2D eigenvalue weighted by molar-refractivity contribution is -0.144. The number of Topliss-reactive ketones (excluding diaryl/α,β-unsaturated/α-hetero) is 1. The summed E-state index contributed by atoms with van der Waals surface area (Å²) in [5.74, 6) is -2.64. The van der Waals surface area contributed by atoms with Crippen LogP contribution in [0, 0.1) is 28.6 Å². The minimum atomic E-state index is -1.09. The summed E-state index contributed by atoms with van der Waals surface area (Å²) in [7, 11) is 3.98. The summed E-state index contributed by atoms with van der Waals surface area (Å²) < 4.78 is 0. The predicted octanol–water partition coefficient (Wildman–Crippen LogP) is 3.56. The van der Waals surface area contributed by atoms with Crippen molar-refractivity contribution in [3.8, 4) is 0 Å². The second-order valence-electron chi connectivity index (χ2n) is 16.2. The number of primary amides is 1. The highest BCUT2D eigenvalue weighted by atomic mass is 16.2. The van der Waals surface area contributed by atoms with Crippen molar-refractivity contribution in [1.29, 1.82) is 0 Å². The zero-order valence-electron chi connectivity index (χ0n) is 30.2. The molecule has 11 nitrogen and oxygen atoms in total. The summed E-state index contributed by atoms with van der Waals surface area (Å²) in [6.07, 6.45) is 5.49. The second-order valence-corrected chi connectivity index (χ2v) is 16.2. The number of nitrogens with two attached hydrogens (primary N) is 1. The fourth-order valence-corrected chi connectivity index (χ4v) is 6.94. The Morgan fingerprint density at radius 3 is 2.15 bits per heavy atom. The lowest BCUT2D eigenvalue weighted by Gasteiger charge is -2.37. The molecule has 5 N–H and O–H groups in total. The van der Waals surface area contributed by atoms with E-state index >= 15 is 0 Å². The van der Waals surface area contributed by atoms with Gasteiger partial charge in [-0.2, -0.15) is 0 Å². The third-order valence-corrected chi connectivity index (χ3v) is 10.1. The molecule has 1 saturated heterocycles. The summed E-state index contributed by atoms with van der Waals surface area (Å²) >= 11 is 0. The van der Waals surface area contributed by atoms with Gasteiger partial charge in [-0.1, -0.05) is 91.2 Å². The number of allylic oxidation sites excluding steroid dienone is 1. The number of carbonyl (C=O) groups excluding carboxylic acids is 5.